The molecule has 98 valence electrons. The van der Waals surface area contributed by atoms with Crippen LogP contribution in [-0.2, 0) is 0 Å². The molecule has 0 aliphatic rings. The molecular formula is C14H15N3O2. The summed E-state index contributed by atoms with van der Waals surface area (Å²) < 4.78 is 5.64. The van der Waals surface area contributed by atoms with Crippen molar-refractivity contribution in [2.24, 2.45) is 5.73 Å². The lowest BCUT2D eigenvalue weighted by Gasteiger charge is -2.10. The molecule has 2 rings (SSSR count). The van der Waals surface area contributed by atoms with Crippen LogP contribution in [0, 0.1) is 13.8 Å². The van der Waals surface area contributed by atoms with E-state index in [1.54, 1.807) is 18.2 Å². The highest BCUT2D eigenvalue weighted by Crippen LogP contribution is 2.28. The first-order chi connectivity index (χ1) is 8.97. The number of nitrogen functional groups attached to an aromatic ring is 1. The highest BCUT2D eigenvalue weighted by molar-refractivity contribution is 5.92. The van der Waals surface area contributed by atoms with E-state index in [-0.39, 0.29) is 0 Å². The van der Waals surface area contributed by atoms with Crippen LogP contribution in [0.25, 0.3) is 0 Å². The van der Waals surface area contributed by atoms with Crippen LogP contribution < -0.4 is 16.2 Å². The Morgan fingerprint density at radius 2 is 1.95 bits per heavy atom. The molecule has 0 unspecified atom stereocenters. The van der Waals surface area contributed by atoms with Gasteiger partial charge in [-0.05, 0) is 31.0 Å². The number of amides is 1. The number of primary amides is 1. The number of anilines is 1. The van der Waals surface area contributed by atoms with E-state index in [4.69, 9.17) is 16.2 Å². The minimum Gasteiger partial charge on any atom is -0.439 e. The van der Waals surface area contributed by atoms with Gasteiger partial charge in [0.1, 0.15) is 5.75 Å². The summed E-state index contributed by atoms with van der Waals surface area (Å²) >= 11 is 0. The third-order valence-corrected chi connectivity index (χ3v) is 2.80. The molecule has 1 aromatic heterocycles. The first-order valence-electron chi connectivity index (χ1n) is 5.78. The monoisotopic (exact) mass is 257 g/mol. The van der Waals surface area contributed by atoms with Crippen molar-refractivity contribution in [3.63, 3.8) is 0 Å². The van der Waals surface area contributed by atoms with Crippen molar-refractivity contribution in [2.75, 3.05) is 5.73 Å². The first kappa shape index (κ1) is 12.9. The van der Waals surface area contributed by atoms with Crippen molar-refractivity contribution in [1.29, 1.82) is 0 Å². The number of hydrogen-bond donors (Lipinski definition) is 2. The van der Waals surface area contributed by atoms with Gasteiger partial charge in [-0.1, -0.05) is 6.07 Å². The second kappa shape index (κ2) is 4.97. The molecule has 0 spiro atoms. The lowest BCUT2D eigenvalue weighted by Crippen LogP contribution is -2.10. The molecule has 2 aromatic rings. The van der Waals surface area contributed by atoms with E-state index in [0.717, 1.165) is 11.1 Å². The van der Waals surface area contributed by atoms with E-state index in [1.165, 1.54) is 6.20 Å². The van der Waals surface area contributed by atoms with E-state index in [0.29, 0.717) is 22.9 Å². The summed E-state index contributed by atoms with van der Waals surface area (Å²) in [5.74, 6) is 0.508. The second-order valence-electron chi connectivity index (χ2n) is 4.33. The molecule has 0 saturated heterocycles. The molecular weight excluding hydrogens is 242 g/mol. The summed E-state index contributed by atoms with van der Waals surface area (Å²) in [6.45, 7) is 3.87. The number of aryl methyl sites for hydroxylation is 2. The average molecular weight is 257 g/mol. The van der Waals surface area contributed by atoms with Gasteiger partial charge in [-0.25, -0.2) is 4.98 Å². The van der Waals surface area contributed by atoms with Crippen molar-refractivity contribution in [3.05, 3.63) is 47.2 Å². The Hall–Kier alpha value is -2.56. The van der Waals surface area contributed by atoms with E-state index in [9.17, 15) is 4.79 Å². The Bertz CT molecular complexity index is 621. The number of hydrogen-bond acceptors (Lipinski definition) is 4. The number of benzene rings is 1. The lowest BCUT2D eigenvalue weighted by atomic mass is 10.1. The molecule has 4 N–H and O–H groups in total. The molecule has 0 aliphatic carbocycles. The van der Waals surface area contributed by atoms with Crippen LogP contribution in [0.2, 0.25) is 0 Å². The van der Waals surface area contributed by atoms with E-state index < -0.39 is 5.91 Å². The van der Waals surface area contributed by atoms with Crippen LogP contribution in [0.15, 0.2) is 30.5 Å². The van der Waals surface area contributed by atoms with Crippen LogP contribution in [0.1, 0.15) is 21.5 Å². The van der Waals surface area contributed by atoms with Gasteiger partial charge < -0.3 is 16.2 Å². The van der Waals surface area contributed by atoms with Gasteiger partial charge in [0.25, 0.3) is 0 Å². The predicted octanol–water partition coefficient (Wildman–Crippen LogP) is 2.17. The third-order valence-electron chi connectivity index (χ3n) is 2.80. The highest BCUT2D eigenvalue weighted by atomic mass is 16.5. The zero-order valence-electron chi connectivity index (χ0n) is 10.8. The molecule has 1 aromatic carbocycles. The molecule has 19 heavy (non-hydrogen) atoms. The van der Waals surface area contributed by atoms with Gasteiger partial charge in [0, 0.05) is 24.0 Å². The van der Waals surface area contributed by atoms with Gasteiger partial charge >= 0.3 is 0 Å². The Morgan fingerprint density at radius 3 is 2.53 bits per heavy atom. The van der Waals surface area contributed by atoms with Gasteiger partial charge in [0.2, 0.25) is 11.8 Å². The largest absolute Gasteiger partial charge is 0.439 e. The number of ether oxygens (including phenoxy) is 1. The van der Waals surface area contributed by atoms with Crippen molar-refractivity contribution in [3.8, 4) is 11.6 Å². The lowest BCUT2D eigenvalue weighted by molar-refractivity contribution is 0.1000. The minimum absolute atomic E-state index is 0.340. The second-order valence-corrected chi connectivity index (χ2v) is 4.33. The summed E-state index contributed by atoms with van der Waals surface area (Å²) in [6.07, 6.45) is 1.38. The molecule has 0 aliphatic heterocycles. The third kappa shape index (κ3) is 2.82. The number of nitrogens with zero attached hydrogens (tertiary/aromatic N) is 1. The molecule has 0 fully saturated rings. The van der Waals surface area contributed by atoms with Crippen molar-refractivity contribution in [2.45, 2.75) is 13.8 Å². The fourth-order valence-electron chi connectivity index (χ4n) is 1.66. The van der Waals surface area contributed by atoms with Crippen LogP contribution >= 0.6 is 0 Å². The van der Waals surface area contributed by atoms with E-state index in [1.807, 2.05) is 19.9 Å². The molecule has 5 nitrogen and oxygen atoms in total. The Kier molecular flexibility index (Phi) is 3.37. The molecule has 0 saturated carbocycles. The predicted molar refractivity (Wildman–Crippen MR) is 73.2 cm³/mol. The van der Waals surface area contributed by atoms with Gasteiger partial charge in [0.15, 0.2) is 0 Å². The van der Waals surface area contributed by atoms with Gasteiger partial charge in [-0.15, -0.1) is 0 Å². The molecule has 0 atom stereocenters. The van der Waals surface area contributed by atoms with Crippen molar-refractivity contribution in [1.82, 2.24) is 4.98 Å². The van der Waals surface area contributed by atoms with E-state index >= 15 is 0 Å². The smallest absolute Gasteiger partial charge is 0.250 e. The number of rotatable bonds is 3. The van der Waals surface area contributed by atoms with Gasteiger partial charge in [-0.3, -0.25) is 4.79 Å². The standard InChI is InChI=1S/C14H15N3O2/c1-8-5-9(2)12(6-11(8)15)19-13-4-3-10(7-17-13)14(16)18/h3-7H,15H2,1-2H3,(H2,16,18). The zero-order chi connectivity index (χ0) is 14.0. The molecule has 0 bridgehead atoms. The Morgan fingerprint density at radius 1 is 1.21 bits per heavy atom. The van der Waals surface area contributed by atoms with Gasteiger partial charge in [-0.2, -0.15) is 0 Å². The van der Waals surface area contributed by atoms with Crippen molar-refractivity contribution < 1.29 is 9.53 Å². The maximum absolute atomic E-state index is 10.9. The fourth-order valence-corrected chi connectivity index (χ4v) is 1.66. The number of carbonyl (C=O) groups is 1. The summed E-state index contributed by atoms with van der Waals surface area (Å²) in [5, 5.41) is 0. The van der Waals surface area contributed by atoms with Crippen LogP contribution in [0.5, 0.6) is 11.6 Å². The zero-order valence-corrected chi connectivity index (χ0v) is 10.8. The molecule has 0 radical (unpaired) electrons. The summed E-state index contributed by atoms with van der Waals surface area (Å²) in [7, 11) is 0. The van der Waals surface area contributed by atoms with Crippen LogP contribution in [0.4, 0.5) is 5.69 Å². The van der Waals surface area contributed by atoms with Crippen molar-refractivity contribution >= 4 is 11.6 Å². The first-order valence-corrected chi connectivity index (χ1v) is 5.78. The number of carbonyl (C=O) groups excluding carboxylic acids is 1. The number of pyridine rings is 1. The van der Waals surface area contributed by atoms with Gasteiger partial charge in [0.05, 0.1) is 5.56 Å². The summed E-state index contributed by atoms with van der Waals surface area (Å²) in [4.78, 5) is 15.0. The SMILES string of the molecule is Cc1cc(C)c(Oc2ccc(C(N)=O)cn2)cc1N. The number of nitrogens with two attached hydrogens (primary N) is 2. The van der Waals surface area contributed by atoms with Crippen LogP contribution in [-0.4, -0.2) is 10.9 Å². The van der Waals surface area contributed by atoms with Crippen LogP contribution in [0.3, 0.4) is 0 Å². The topological polar surface area (TPSA) is 91.2 Å². The summed E-state index contributed by atoms with van der Waals surface area (Å²) in [6, 6.07) is 6.86. The number of aromatic nitrogens is 1. The normalized spacial score (nSPS) is 10.2. The molecule has 1 amide bonds. The maximum atomic E-state index is 10.9. The Labute approximate surface area is 111 Å². The van der Waals surface area contributed by atoms with E-state index in [2.05, 4.69) is 4.98 Å². The molecule has 1 heterocycles. The maximum Gasteiger partial charge on any atom is 0.250 e. The average Bonchev–Trinajstić information content (AvgIpc) is 2.36. The minimum atomic E-state index is -0.519. The molecule has 5 heteroatoms. The summed E-state index contributed by atoms with van der Waals surface area (Å²) in [5.41, 5.74) is 14.0. The quantitative estimate of drug-likeness (QED) is 0.824. The Balaban J connectivity index is 2.26. The highest BCUT2D eigenvalue weighted by Gasteiger charge is 2.07. The fraction of sp³-hybridized carbons (Fsp3) is 0.143.